The molecule has 1 fully saturated rings. The van der Waals surface area contributed by atoms with Crippen LogP contribution < -0.4 is 0 Å². The second kappa shape index (κ2) is 5.16. The third kappa shape index (κ3) is 4.38. The average molecular weight is 226 g/mol. The van der Waals surface area contributed by atoms with E-state index in [1.54, 1.807) is 0 Å². The van der Waals surface area contributed by atoms with Crippen LogP contribution in [0.5, 0.6) is 0 Å². The Morgan fingerprint density at radius 2 is 2.13 bits per heavy atom. The Bertz CT molecular complexity index is 194. The lowest BCUT2D eigenvalue weighted by atomic mass is 9.96. The molecule has 0 saturated carbocycles. The first-order valence-electron chi connectivity index (χ1n) is 5.26. The summed E-state index contributed by atoms with van der Waals surface area (Å²) in [4.78, 5) is 0. The van der Waals surface area contributed by atoms with Gasteiger partial charge in [0.05, 0.1) is 12.2 Å². The standard InChI is InChI=1S/C10H17F3O2/c1-7-4-6-15-9(7)8(14)3-2-5-10(11,12)13/h7-9,14H,2-6H2,1H3. The van der Waals surface area contributed by atoms with E-state index >= 15 is 0 Å². The van der Waals surface area contributed by atoms with E-state index in [4.69, 9.17) is 4.74 Å². The van der Waals surface area contributed by atoms with Gasteiger partial charge in [-0.05, 0) is 25.2 Å². The first-order valence-corrected chi connectivity index (χ1v) is 5.26. The molecule has 5 heteroatoms. The summed E-state index contributed by atoms with van der Waals surface area (Å²) in [5, 5.41) is 9.62. The SMILES string of the molecule is CC1CCOC1C(O)CCCC(F)(F)F. The quantitative estimate of drug-likeness (QED) is 0.798. The molecular formula is C10H17F3O2. The first-order chi connectivity index (χ1) is 6.90. The van der Waals surface area contributed by atoms with E-state index in [9.17, 15) is 18.3 Å². The minimum atomic E-state index is -4.12. The summed E-state index contributed by atoms with van der Waals surface area (Å²) in [5.74, 6) is 0.242. The molecule has 0 aromatic carbocycles. The van der Waals surface area contributed by atoms with Gasteiger partial charge in [0.1, 0.15) is 0 Å². The largest absolute Gasteiger partial charge is 0.390 e. The van der Waals surface area contributed by atoms with Gasteiger partial charge in [-0.2, -0.15) is 13.2 Å². The van der Waals surface area contributed by atoms with Crippen molar-refractivity contribution in [3.05, 3.63) is 0 Å². The zero-order valence-corrected chi connectivity index (χ0v) is 8.76. The monoisotopic (exact) mass is 226 g/mol. The molecule has 3 atom stereocenters. The summed E-state index contributed by atoms with van der Waals surface area (Å²) in [5.41, 5.74) is 0. The molecule has 0 aliphatic carbocycles. The summed E-state index contributed by atoms with van der Waals surface area (Å²) in [6.45, 7) is 2.55. The predicted molar refractivity (Wildman–Crippen MR) is 49.4 cm³/mol. The zero-order valence-electron chi connectivity index (χ0n) is 8.76. The summed E-state index contributed by atoms with van der Waals surface area (Å²) in [6, 6.07) is 0. The van der Waals surface area contributed by atoms with Crippen molar-refractivity contribution in [3.8, 4) is 0 Å². The number of hydrogen-bond donors (Lipinski definition) is 1. The Balaban J connectivity index is 2.21. The van der Waals surface area contributed by atoms with Crippen LogP contribution in [-0.4, -0.2) is 30.1 Å². The molecule has 15 heavy (non-hydrogen) atoms. The van der Waals surface area contributed by atoms with Crippen molar-refractivity contribution < 1.29 is 23.0 Å². The molecule has 0 spiro atoms. The van der Waals surface area contributed by atoms with Crippen LogP contribution in [-0.2, 0) is 4.74 Å². The molecule has 3 unspecified atom stereocenters. The van der Waals surface area contributed by atoms with Gasteiger partial charge < -0.3 is 9.84 Å². The van der Waals surface area contributed by atoms with Crippen LogP contribution >= 0.6 is 0 Å². The lowest BCUT2D eigenvalue weighted by Crippen LogP contribution is -2.30. The van der Waals surface area contributed by atoms with E-state index in [1.165, 1.54) is 0 Å². The summed E-state index contributed by atoms with van der Waals surface area (Å²) in [6.07, 6.45) is -4.98. The van der Waals surface area contributed by atoms with E-state index in [0.717, 1.165) is 6.42 Å². The van der Waals surface area contributed by atoms with Gasteiger partial charge in [-0.1, -0.05) is 6.92 Å². The summed E-state index contributed by atoms with van der Waals surface area (Å²) < 4.78 is 40.8. The van der Waals surface area contributed by atoms with Crippen LogP contribution in [0.4, 0.5) is 13.2 Å². The number of alkyl halides is 3. The second-order valence-electron chi connectivity index (χ2n) is 4.18. The number of aliphatic hydroxyl groups excluding tert-OH is 1. The van der Waals surface area contributed by atoms with Crippen LogP contribution in [0.3, 0.4) is 0 Å². The Hall–Kier alpha value is -0.290. The summed E-state index contributed by atoms with van der Waals surface area (Å²) in [7, 11) is 0. The van der Waals surface area contributed by atoms with Gasteiger partial charge in [-0.3, -0.25) is 0 Å². The van der Waals surface area contributed by atoms with Crippen LogP contribution in [0.1, 0.15) is 32.6 Å². The highest BCUT2D eigenvalue weighted by Crippen LogP contribution is 2.27. The molecule has 0 amide bonds. The van der Waals surface area contributed by atoms with E-state index in [1.807, 2.05) is 6.92 Å². The smallest absolute Gasteiger partial charge is 0.389 e. The van der Waals surface area contributed by atoms with Crippen molar-refractivity contribution in [2.75, 3.05) is 6.61 Å². The Kier molecular flexibility index (Phi) is 4.40. The molecule has 90 valence electrons. The van der Waals surface area contributed by atoms with E-state index in [-0.39, 0.29) is 24.9 Å². The van der Waals surface area contributed by atoms with Crippen LogP contribution in [0.15, 0.2) is 0 Å². The summed E-state index contributed by atoms with van der Waals surface area (Å²) >= 11 is 0. The van der Waals surface area contributed by atoms with Crippen molar-refractivity contribution in [2.24, 2.45) is 5.92 Å². The highest BCUT2D eigenvalue weighted by molar-refractivity contribution is 4.79. The Morgan fingerprint density at radius 1 is 1.47 bits per heavy atom. The second-order valence-corrected chi connectivity index (χ2v) is 4.18. The minimum Gasteiger partial charge on any atom is -0.390 e. The fourth-order valence-electron chi connectivity index (χ4n) is 1.88. The zero-order chi connectivity index (χ0) is 11.5. The molecule has 1 heterocycles. The highest BCUT2D eigenvalue weighted by Gasteiger charge is 2.32. The van der Waals surface area contributed by atoms with Crippen molar-refractivity contribution in [3.63, 3.8) is 0 Å². The number of hydrogen-bond acceptors (Lipinski definition) is 2. The van der Waals surface area contributed by atoms with Gasteiger partial charge >= 0.3 is 6.18 Å². The fourth-order valence-corrected chi connectivity index (χ4v) is 1.88. The Morgan fingerprint density at radius 3 is 2.60 bits per heavy atom. The molecule has 1 rings (SSSR count). The van der Waals surface area contributed by atoms with Crippen LogP contribution in [0.25, 0.3) is 0 Å². The van der Waals surface area contributed by atoms with E-state index in [0.29, 0.717) is 6.61 Å². The average Bonchev–Trinajstić information content (AvgIpc) is 2.48. The molecule has 1 N–H and O–H groups in total. The lowest BCUT2D eigenvalue weighted by Gasteiger charge is -2.21. The normalized spacial score (nSPS) is 29.4. The van der Waals surface area contributed by atoms with Crippen molar-refractivity contribution >= 4 is 0 Å². The molecule has 0 aromatic heterocycles. The van der Waals surface area contributed by atoms with Crippen LogP contribution in [0.2, 0.25) is 0 Å². The van der Waals surface area contributed by atoms with Crippen molar-refractivity contribution in [2.45, 2.75) is 51.0 Å². The van der Waals surface area contributed by atoms with E-state index < -0.39 is 18.7 Å². The third-order valence-electron chi connectivity index (χ3n) is 2.78. The van der Waals surface area contributed by atoms with Gasteiger partial charge in [-0.15, -0.1) is 0 Å². The van der Waals surface area contributed by atoms with E-state index in [2.05, 4.69) is 0 Å². The maximum absolute atomic E-state index is 11.8. The van der Waals surface area contributed by atoms with Gasteiger partial charge in [-0.25, -0.2) is 0 Å². The molecule has 2 nitrogen and oxygen atoms in total. The van der Waals surface area contributed by atoms with Gasteiger partial charge in [0.2, 0.25) is 0 Å². The maximum Gasteiger partial charge on any atom is 0.389 e. The Labute approximate surface area is 87.4 Å². The number of aliphatic hydroxyl groups is 1. The molecule has 0 aromatic rings. The topological polar surface area (TPSA) is 29.5 Å². The van der Waals surface area contributed by atoms with Gasteiger partial charge in [0.25, 0.3) is 0 Å². The number of halogens is 3. The highest BCUT2D eigenvalue weighted by atomic mass is 19.4. The molecular weight excluding hydrogens is 209 g/mol. The molecule has 1 saturated heterocycles. The molecule has 0 bridgehead atoms. The molecule has 0 radical (unpaired) electrons. The van der Waals surface area contributed by atoms with Crippen molar-refractivity contribution in [1.82, 2.24) is 0 Å². The number of ether oxygens (including phenoxy) is 1. The minimum absolute atomic E-state index is 0.0305. The number of rotatable bonds is 4. The lowest BCUT2D eigenvalue weighted by molar-refractivity contribution is -0.137. The fraction of sp³-hybridized carbons (Fsp3) is 1.00. The maximum atomic E-state index is 11.8. The van der Waals surface area contributed by atoms with Crippen LogP contribution in [0, 0.1) is 5.92 Å². The molecule has 1 aliphatic rings. The predicted octanol–water partition coefficient (Wildman–Crippen LogP) is 2.50. The van der Waals surface area contributed by atoms with Crippen molar-refractivity contribution in [1.29, 1.82) is 0 Å². The first kappa shape index (κ1) is 12.8. The third-order valence-corrected chi connectivity index (χ3v) is 2.78. The van der Waals surface area contributed by atoms with Gasteiger partial charge in [0, 0.05) is 13.0 Å². The molecule has 1 aliphatic heterocycles. The van der Waals surface area contributed by atoms with Gasteiger partial charge in [0.15, 0.2) is 0 Å².